The Balaban J connectivity index is 1.36. The largest absolute Gasteiger partial charge is 0.326 e. The van der Waals surface area contributed by atoms with E-state index in [-0.39, 0.29) is 11.8 Å². The molecule has 0 radical (unpaired) electrons. The average molecular weight is 405 g/mol. The van der Waals surface area contributed by atoms with Crippen LogP contribution in [-0.2, 0) is 9.59 Å². The van der Waals surface area contributed by atoms with Gasteiger partial charge in [-0.15, -0.1) is 0 Å². The second-order valence-corrected chi connectivity index (χ2v) is 8.52. The summed E-state index contributed by atoms with van der Waals surface area (Å²) in [6.45, 7) is 7.82. The van der Waals surface area contributed by atoms with Crippen molar-refractivity contribution >= 4 is 23.2 Å². The van der Waals surface area contributed by atoms with Crippen molar-refractivity contribution in [2.45, 2.75) is 39.3 Å². The molecule has 2 heterocycles. The Hall–Kier alpha value is -2.99. The molecule has 2 aromatic carbocycles. The molecule has 6 nitrogen and oxygen atoms in total. The molecule has 2 aliphatic heterocycles. The van der Waals surface area contributed by atoms with Crippen LogP contribution in [0.4, 0.5) is 5.69 Å². The smallest absolute Gasteiger partial charge is 0.272 e. The highest BCUT2D eigenvalue weighted by molar-refractivity contribution is 6.46. The Morgan fingerprint density at radius 2 is 1.77 bits per heavy atom. The molecule has 2 aromatic rings. The van der Waals surface area contributed by atoms with Gasteiger partial charge in [0.25, 0.3) is 5.91 Å². The van der Waals surface area contributed by atoms with Gasteiger partial charge in [-0.05, 0) is 50.1 Å². The minimum atomic E-state index is -0.545. The molecule has 6 heteroatoms. The fourth-order valence-electron chi connectivity index (χ4n) is 4.32. The van der Waals surface area contributed by atoms with Crippen LogP contribution in [0.5, 0.6) is 0 Å². The molecule has 156 valence electrons. The fraction of sp³-hybridized carbons (Fsp3) is 0.375. The second kappa shape index (κ2) is 8.03. The molecular formula is C24H28N4O2. The summed E-state index contributed by atoms with van der Waals surface area (Å²) in [7, 11) is 0. The van der Waals surface area contributed by atoms with Gasteiger partial charge in [-0.1, -0.05) is 29.8 Å². The third-order valence-corrected chi connectivity index (χ3v) is 5.73. The van der Waals surface area contributed by atoms with E-state index in [1.165, 1.54) is 0 Å². The Labute approximate surface area is 177 Å². The molecular weight excluding hydrogens is 376 g/mol. The Morgan fingerprint density at radius 3 is 2.43 bits per heavy atom. The lowest BCUT2D eigenvalue weighted by Crippen LogP contribution is -2.52. The quantitative estimate of drug-likeness (QED) is 0.823. The molecule has 2 aliphatic rings. The Bertz CT molecular complexity index is 999. The molecule has 4 rings (SSSR count). The maximum atomic E-state index is 12.6. The standard InChI is InChI=1S/C24H28N4O2/c1-16-5-4-6-19(12-16)22-23(30)27-24(26-22)7-9-28(10-8-24)15-21(29)25-20-13-17(2)11-18(3)14-20/h4-6,11-14H,7-10,15H2,1-3H3,(H,25,29)(H,27,30). The highest BCUT2D eigenvalue weighted by atomic mass is 16.2. The van der Waals surface area contributed by atoms with E-state index >= 15 is 0 Å². The Kier molecular flexibility index (Phi) is 5.43. The van der Waals surface area contributed by atoms with Gasteiger partial charge in [-0.3, -0.25) is 19.5 Å². The number of likely N-dealkylation sites (tertiary alicyclic amines) is 1. The predicted molar refractivity (Wildman–Crippen MR) is 119 cm³/mol. The first-order chi connectivity index (χ1) is 14.3. The third-order valence-electron chi connectivity index (χ3n) is 5.73. The number of hydrogen-bond donors (Lipinski definition) is 2. The average Bonchev–Trinajstić information content (AvgIpc) is 2.99. The van der Waals surface area contributed by atoms with Gasteiger partial charge in [-0.2, -0.15) is 0 Å². The zero-order valence-electron chi connectivity index (χ0n) is 17.8. The van der Waals surface area contributed by atoms with E-state index in [1.807, 2.05) is 57.2 Å². The third kappa shape index (κ3) is 4.44. The molecule has 1 saturated heterocycles. The number of carbonyl (C=O) groups is 2. The summed E-state index contributed by atoms with van der Waals surface area (Å²) in [6, 6.07) is 13.9. The number of anilines is 1. The molecule has 0 unspecified atom stereocenters. The van der Waals surface area contributed by atoms with Crippen LogP contribution in [-0.4, -0.2) is 47.7 Å². The van der Waals surface area contributed by atoms with Crippen LogP contribution in [0.25, 0.3) is 0 Å². The van der Waals surface area contributed by atoms with Gasteiger partial charge in [0.1, 0.15) is 11.4 Å². The lowest BCUT2D eigenvalue weighted by atomic mass is 9.98. The predicted octanol–water partition coefficient (Wildman–Crippen LogP) is 2.96. The number of aliphatic imine (C=N–C) groups is 1. The first-order valence-electron chi connectivity index (χ1n) is 10.4. The summed E-state index contributed by atoms with van der Waals surface area (Å²) in [5.41, 5.74) is 5.03. The monoisotopic (exact) mass is 404 g/mol. The van der Waals surface area contributed by atoms with Crippen LogP contribution < -0.4 is 10.6 Å². The number of piperidine rings is 1. The molecule has 0 aliphatic carbocycles. The minimum absolute atomic E-state index is 0.0182. The number of aryl methyl sites for hydroxylation is 3. The van der Waals surface area contributed by atoms with Crippen LogP contribution in [0.2, 0.25) is 0 Å². The van der Waals surface area contributed by atoms with Gasteiger partial charge in [0.05, 0.1) is 6.54 Å². The van der Waals surface area contributed by atoms with E-state index in [9.17, 15) is 9.59 Å². The lowest BCUT2D eigenvalue weighted by molar-refractivity contribution is -0.119. The number of nitrogens with one attached hydrogen (secondary N) is 2. The second-order valence-electron chi connectivity index (χ2n) is 8.52. The summed E-state index contributed by atoms with van der Waals surface area (Å²) in [5.74, 6) is -0.128. The van der Waals surface area contributed by atoms with Crippen molar-refractivity contribution in [3.8, 4) is 0 Å². The van der Waals surface area contributed by atoms with Crippen molar-refractivity contribution in [3.63, 3.8) is 0 Å². The van der Waals surface area contributed by atoms with Gasteiger partial charge in [-0.25, -0.2) is 0 Å². The maximum absolute atomic E-state index is 12.6. The Morgan fingerprint density at radius 1 is 1.07 bits per heavy atom. The van der Waals surface area contributed by atoms with E-state index in [0.29, 0.717) is 38.2 Å². The highest BCUT2D eigenvalue weighted by Crippen LogP contribution is 2.29. The molecule has 0 saturated carbocycles. The molecule has 2 N–H and O–H groups in total. The zero-order chi connectivity index (χ0) is 21.3. The molecule has 2 amide bonds. The summed E-state index contributed by atoms with van der Waals surface area (Å²) in [6.07, 6.45) is 1.40. The molecule has 0 aromatic heterocycles. The normalized spacial score (nSPS) is 18.2. The van der Waals surface area contributed by atoms with E-state index < -0.39 is 5.66 Å². The van der Waals surface area contributed by atoms with Crippen LogP contribution >= 0.6 is 0 Å². The summed E-state index contributed by atoms with van der Waals surface area (Å²) >= 11 is 0. The van der Waals surface area contributed by atoms with Crippen molar-refractivity contribution in [3.05, 3.63) is 64.7 Å². The van der Waals surface area contributed by atoms with Crippen LogP contribution in [0, 0.1) is 20.8 Å². The van der Waals surface area contributed by atoms with E-state index in [1.54, 1.807) is 0 Å². The molecule has 1 fully saturated rings. The van der Waals surface area contributed by atoms with E-state index in [0.717, 1.165) is 27.9 Å². The van der Waals surface area contributed by atoms with Crippen LogP contribution in [0.1, 0.15) is 35.1 Å². The fourth-order valence-corrected chi connectivity index (χ4v) is 4.32. The van der Waals surface area contributed by atoms with E-state index in [2.05, 4.69) is 21.6 Å². The summed E-state index contributed by atoms with van der Waals surface area (Å²) < 4.78 is 0. The minimum Gasteiger partial charge on any atom is -0.326 e. The van der Waals surface area contributed by atoms with Crippen molar-refractivity contribution in [2.75, 3.05) is 25.0 Å². The number of carbonyl (C=O) groups excluding carboxylic acids is 2. The molecule has 1 spiro atoms. The van der Waals surface area contributed by atoms with E-state index in [4.69, 9.17) is 4.99 Å². The molecule has 30 heavy (non-hydrogen) atoms. The number of hydrogen-bond acceptors (Lipinski definition) is 4. The first kappa shape index (κ1) is 20.3. The highest BCUT2D eigenvalue weighted by Gasteiger charge is 2.42. The SMILES string of the molecule is Cc1cc(C)cc(NC(=O)CN2CCC3(CC2)N=C(c2cccc(C)c2)C(=O)N3)c1. The van der Waals surface area contributed by atoms with Gasteiger partial charge in [0, 0.05) is 37.2 Å². The van der Waals surface area contributed by atoms with Crippen molar-refractivity contribution < 1.29 is 9.59 Å². The first-order valence-corrected chi connectivity index (χ1v) is 10.4. The number of nitrogens with zero attached hydrogens (tertiary/aromatic N) is 2. The van der Waals surface area contributed by atoms with Crippen molar-refractivity contribution in [1.82, 2.24) is 10.2 Å². The lowest BCUT2D eigenvalue weighted by Gasteiger charge is -2.36. The topological polar surface area (TPSA) is 73.8 Å². The number of rotatable bonds is 4. The van der Waals surface area contributed by atoms with Crippen molar-refractivity contribution in [1.29, 1.82) is 0 Å². The molecule has 0 atom stereocenters. The molecule has 0 bridgehead atoms. The number of amides is 2. The van der Waals surface area contributed by atoms with Crippen LogP contribution in [0.3, 0.4) is 0 Å². The van der Waals surface area contributed by atoms with Crippen molar-refractivity contribution in [2.24, 2.45) is 4.99 Å². The zero-order valence-corrected chi connectivity index (χ0v) is 17.8. The van der Waals surface area contributed by atoms with Gasteiger partial charge >= 0.3 is 0 Å². The summed E-state index contributed by atoms with van der Waals surface area (Å²) in [5, 5.41) is 6.09. The van der Waals surface area contributed by atoms with Gasteiger partial charge < -0.3 is 10.6 Å². The number of benzene rings is 2. The summed E-state index contributed by atoms with van der Waals surface area (Å²) in [4.78, 5) is 32.0. The van der Waals surface area contributed by atoms with Gasteiger partial charge in [0.2, 0.25) is 5.91 Å². The van der Waals surface area contributed by atoms with Gasteiger partial charge in [0.15, 0.2) is 0 Å². The maximum Gasteiger partial charge on any atom is 0.272 e. The van der Waals surface area contributed by atoms with Crippen LogP contribution in [0.15, 0.2) is 47.5 Å².